The zero-order valence-electron chi connectivity index (χ0n) is 23.9. The summed E-state index contributed by atoms with van der Waals surface area (Å²) in [5.41, 5.74) is 12.8. The molecule has 13 heteroatoms. The van der Waals surface area contributed by atoms with Crippen LogP contribution in [0.3, 0.4) is 0 Å². The van der Waals surface area contributed by atoms with Crippen LogP contribution >= 0.6 is 0 Å². The van der Waals surface area contributed by atoms with Crippen molar-refractivity contribution in [2.24, 2.45) is 16.5 Å². The van der Waals surface area contributed by atoms with Crippen molar-refractivity contribution in [2.45, 2.75) is 13.5 Å². The summed E-state index contributed by atoms with van der Waals surface area (Å²) >= 11 is 0. The van der Waals surface area contributed by atoms with E-state index in [2.05, 4.69) is 20.3 Å². The largest absolute Gasteiger partial charge is 0.453 e. The normalized spacial score (nSPS) is 10.3. The molecule has 0 atom stereocenters. The highest BCUT2D eigenvalue weighted by Gasteiger charge is 2.29. The van der Waals surface area contributed by atoms with Crippen molar-refractivity contribution >= 4 is 23.2 Å². The molecular formula is C32H26N8O5. The average molecular weight is 603 g/mol. The number of ether oxygens (including phenoxy) is 3. The molecule has 0 unspecified atom stereocenters. The molecule has 0 bridgehead atoms. The van der Waals surface area contributed by atoms with E-state index in [1.54, 1.807) is 42.5 Å². The number of nitrogens with one attached hydrogen (secondary N) is 1. The molecule has 5 rings (SSSR count). The fourth-order valence-electron chi connectivity index (χ4n) is 4.17. The van der Waals surface area contributed by atoms with Gasteiger partial charge in [-0.3, -0.25) is 10.1 Å². The van der Waals surface area contributed by atoms with Crippen molar-refractivity contribution in [1.82, 2.24) is 9.97 Å². The first-order valence-electron chi connectivity index (χ1n) is 13.5. The van der Waals surface area contributed by atoms with Crippen LogP contribution in [-0.4, -0.2) is 20.9 Å². The number of rotatable bonds is 11. The van der Waals surface area contributed by atoms with E-state index in [-0.39, 0.29) is 47.1 Å². The first kappa shape index (κ1) is 29.8. The molecule has 224 valence electrons. The molecule has 13 nitrogen and oxygen atoms in total. The Bertz CT molecular complexity index is 1910. The molecule has 45 heavy (non-hydrogen) atoms. The molecule has 5 aromatic rings. The van der Waals surface area contributed by atoms with Gasteiger partial charge in [0.1, 0.15) is 11.5 Å². The van der Waals surface area contributed by atoms with Gasteiger partial charge in [-0.25, -0.2) is 4.99 Å². The Labute approximate surface area is 257 Å². The molecule has 5 N–H and O–H groups in total. The van der Waals surface area contributed by atoms with E-state index < -0.39 is 16.5 Å². The highest BCUT2D eigenvalue weighted by atomic mass is 16.6. The lowest BCUT2D eigenvalue weighted by Crippen LogP contribution is -2.21. The predicted octanol–water partition coefficient (Wildman–Crippen LogP) is 6.46. The van der Waals surface area contributed by atoms with Gasteiger partial charge in [0, 0.05) is 18.7 Å². The molecule has 0 amide bonds. The van der Waals surface area contributed by atoms with E-state index in [0.29, 0.717) is 11.4 Å². The summed E-state index contributed by atoms with van der Waals surface area (Å²) in [6, 6.07) is 29.3. The molecule has 0 aliphatic heterocycles. The van der Waals surface area contributed by atoms with Crippen LogP contribution in [0.15, 0.2) is 102 Å². The van der Waals surface area contributed by atoms with Crippen LogP contribution in [0.4, 0.5) is 17.2 Å². The van der Waals surface area contributed by atoms with Gasteiger partial charge in [0.15, 0.2) is 17.5 Å². The van der Waals surface area contributed by atoms with Gasteiger partial charge in [-0.1, -0.05) is 48.5 Å². The summed E-state index contributed by atoms with van der Waals surface area (Å²) in [6.07, 6.45) is 0. The number of nitrogens with two attached hydrogens (primary N) is 2. The number of benzene rings is 4. The van der Waals surface area contributed by atoms with Crippen LogP contribution in [0, 0.1) is 28.4 Å². The molecule has 0 fully saturated rings. The van der Waals surface area contributed by atoms with Crippen molar-refractivity contribution in [3.05, 3.63) is 124 Å². The first-order chi connectivity index (χ1) is 21.8. The molecule has 0 aliphatic rings. The van der Waals surface area contributed by atoms with Crippen LogP contribution in [0.5, 0.6) is 34.9 Å². The molecule has 0 saturated carbocycles. The highest BCUT2D eigenvalue weighted by molar-refractivity contribution is 5.79. The number of guanidine groups is 1. The highest BCUT2D eigenvalue weighted by Crippen LogP contribution is 2.42. The second-order valence-corrected chi connectivity index (χ2v) is 9.54. The third-order valence-corrected chi connectivity index (χ3v) is 6.07. The Morgan fingerprint density at radius 1 is 0.911 bits per heavy atom. The zero-order valence-corrected chi connectivity index (χ0v) is 23.9. The van der Waals surface area contributed by atoms with E-state index in [4.69, 9.17) is 25.7 Å². The number of anilines is 1. The molecule has 0 aliphatic carbocycles. The Kier molecular flexibility index (Phi) is 8.96. The van der Waals surface area contributed by atoms with Crippen molar-refractivity contribution in [3.63, 3.8) is 0 Å². The summed E-state index contributed by atoms with van der Waals surface area (Å²) in [4.78, 5) is 24.4. The number of nitriles is 1. The average Bonchev–Trinajstić information content (AvgIpc) is 3.01. The minimum absolute atomic E-state index is 0.00487. The van der Waals surface area contributed by atoms with Crippen molar-refractivity contribution in [2.75, 3.05) is 5.32 Å². The SMILES string of the molecule is Cc1cc(N=C(N)N)cc(Oc2nc(NCc3ccccc3)c([N+](=O)[O-])c(Oc3cc(C#N)ccc3Oc3ccccc3)n2)c1. The number of nitro groups is 1. The van der Waals surface area contributed by atoms with E-state index in [9.17, 15) is 15.4 Å². The second-order valence-electron chi connectivity index (χ2n) is 9.54. The summed E-state index contributed by atoms with van der Waals surface area (Å²) < 4.78 is 18.0. The molecule has 4 aromatic carbocycles. The lowest BCUT2D eigenvalue weighted by atomic mass is 10.2. The van der Waals surface area contributed by atoms with Gasteiger partial charge in [-0.2, -0.15) is 15.2 Å². The molecule has 1 heterocycles. The standard InChI is InChI=1S/C32H26N8O5/c1-20-14-23(37-31(34)35)17-25(15-20)44-32-38-29(36-19-21-8-4-2-5-9-21)28(40(41)42)30(39-32)45-27-16-22(18-33)12-13-26(27)43-24-10-6-3-7-11-24/h2-17H,19H2,1H3,(H4,34,35,37)(H,36,38,39). The minimum atomic E-state index is -0.665. The monoisotopic (exact) mass is 602 g/mol. The van der Waals surface area contributed by atoms with Crippen LogP contribution in [0.25, 0.3) is 0 Å². The van der Waals surface area contributed by atoms with Crippen LogP contribution < -0.4 is 31.0 Å². The maximum absolute atomic E-state index is 12.4. The van der Waals surface area contributed by atoms with Gasteiger partial charge in [0.25, 0.3) is 0 Å². The smallest absolute Gasteiger partial charge is 0.373 e. The van der Waals surface area contributed by atoms with Crippen molar-refractivity contribution in [1.29, 1.82) is 5.26 Å². The van der Waals surface area contributed by atoms with E-state index >= 15 is 0 Å². The van der Waals surface area contributed by atoms with Gasteiger partial charge in [0.2, 0.25) is 5.82 Å². The molecule has 0 saturated heterocycles. The van der Waals surface area contributed by atoms with E-state index in [1.807, 2.05) is 49.4 Å². The number of hydrogen-bond acceptors (Lipinski definition) is 10. The predicted molar refractivity (Wildman–Crippen MR) is 167 cm³/mol. The minimum Gasteiger partial charge on any atom is -0.453 e. The van der Waals surface area contributed by atoms with Gasteiger partial charge >= 0.3 is 17.6 Å². The Morgan fingerprint density at radius 2 is 1.64 bits per heavy atom. The summed E-state index contributed by atoms with van der Waals surface area (Å²) in [7, 11) is 0. The number of aryl methyl sites for hydroxylation is 1. The van der Waals surface area contributed by atoms with Crippen molar-refractivity contribution in [3.8, 4) is 41.0 Å². The summed E-state index contributed by atoms with van der Waals surface area (Å²) in [6.45, 7) is 2.01. The van der Waals surface area contributed by atoms with Crippen LogP contribution in [0.2, 0.25) is 0 Å². The topological polar surface area (TPSA) is 197 Å². The second kappa shape index (κ2) is 13.5. The Morgan fingerprint density at radius 3 is 2.33 bits per heavy atom. The van der Waals surface area contributed by atoms with E-state index in [1.165, 1.54) is 18.2 Å². The summed E-state index contributed by atoms with van der Waals surface area (Å²) in [5, 5.41) is 25.0. The Balaban J connectivity index is 1.60. The number of hydrogen-bond donors (Lipinski definition) is 3. The molecule has 0 radical (unpaired) electrons. The zero-order chi connectivity index (χ0) is 31.8. The van der Waals surface area contributed by atoms with Crippen LogP contribution in [0.1, 0.15) is 16.7 Å². The number of aromatic nitrogens is 2. The quantitative estimate of drug-likeness (QED) is 0.0649. The fourth-order valence-corrected chi connectivity index (χ4v) is 4.17. The number of nitrogens with zero attached hydrogens (tertiary/aromatic N) is 5. The maximum Gasteiger partial charge on any atom is 0.373 e. The number of aliphatic imine (C=N–C) groups is 1. The lowest BCUT2D eigenvalue weighted by molar-refractivity contribution is -0.385. The van der Waals surface area contributed by atoms with Crippen molar-refractivity contribution < 1.29 is 19.1 Å². The van der Waals surface area contributed by atoms with Gasteiger partial charge < -0.3 is 31.0 Å². The molecular weight excluding hydrogens is 576 g/mol. The first-order valence-corrected chi connectivity index (χ1v) is 13.5. The fraction of sp³-hybridized carbons (Fsp3) is 0.0625. The van der Waals surface area contributed by atoms with Gasteiger partial charge in [0.05, 0.1) is 22.2 Å². The molecule has 1 aromatic heterocycles. The van der Waals surface area contributed by atoms with Gasteiger partial charge in [-0.15, -0.1) is 0 Å². The lowest BCUT2D eigenvalue weighted by Gasteiger charge is -2.15. The summed E-state index contributed by atoms with van der Waals surface area (Å²) in [5.74, 6) is 0.182. The van der Waals surface area contributed by atoms with E-state index in [0.717, 1.165) is 11.1 Å². The molecule has 0 spiro atoms. The van der Waals surface area contributed by atoms with Crippen LogP contribution in [-0.2, 0) is 6.54 Å². The Hall–Kier alpha value is -6.68. The van der Waals surface area contributed by atoms with Gasteiger partial charge in [-0.05, 0) is 54.4 Å². The number of para-hydroxylation sites is 1. The maximum atomic E-state index is 12.4. The third kappa shape index (κ3) is 7.79. The third-order valence-electron chi connectivity index (χ3n) is 6.07.